The molecule has 104 valence electrons. The molecule has 1 aromatic rings. The van der Waals surface area contributed by atoms with E-state index in [0.29, 0.717) is 5.56 Å². The molecule has 0 aliphatic carbocycles. The molecular formula is C11H12ClNO6. The van der Waals surface area contributed by atoms with Crippen LogP contribution in [0.5, 0.6) is 0 Å². The zero-order chi connectivity index (χ0) is 15.0. The van der Waals surface area contributed by atoms with Gasteiger partial charge in [-0.25, -0.2) is 0 Å². The molecule has 0 bridgehead atoms. The Balaban J connectivity index is 0.000000982. The molecule has 0 saturated carbocycles. The normalized spacial score (nSPS) is 10.7. The van der Waals surface area contributed by atoms with Gasteiger partial charge in [-0.05, 0) is 19.1 Å². The maximum absolute atomic E-state index is 11.3. The second-order valence-electron chi connectivity index (χ2n) is 3.31. The Hall–Kier alpha value is -2.15. The molecule has 0 heterocycles. The van der Waals surface area contributed by atoms with E-state index in [9.17, 15) is 14.9 Å². The minimum atomic E-state index is -0.692. The maximum Gasteiger partial charge on any atom is 0.313 e. The minimum absolute atomic E-state index is 0.176. The molecule has 0 spiro atoms. The van der Waals surface area contributed by atoms with Gasteiger partial charge in [-0.2, -0.15) is 0 Å². The van der Waals surface area contributed by atoms with E-state index in [1.807, 2.05) is 0 Å². The number of carbonyl (C=O) groups excluding carboxylic acids is 1. The van der Waals surface area contributed by atoms with Crippen LogP contribution in [0.15, 0.2) is 18.2 Å². The summed E-state index contributed by atoms with van der Waals surface area (Å²) in [5.41, 5.74) is 0.117. The minimum Gasteiger partial charge on any atom is -0.483 e. The fourth-order valence-corrected chi connectivity index (χ4v) is 1.51. The first-order chi connectivity index (χ1) is 8.88. The third kappa shape index (κ3) is 4.92. The Bertz CT molecular complexity index is 476. The maximum atomic E-state index is 11.3. The Morgan fingerprint density at radius 1 is 1.58 bits per heavy atom. The van der Waals surface area contributed by atoms with Crippen molar-refractivity contribution in [2.45, 2.75) is 12.8 Å². The Morgan fingerprint density at radius 2 is 2.11 bits per heavy atom. The summed E-state index contributed by atoms with van der Waals surface area (Å²) in [5, 5.41) is 17.9. The molecule has 1 unspecified atom stereocenters. The van der Waals surface area contributed by atoms with Crippen LogP contribution in [0, 0.1) is 10.1 Å². The van der Waals surface area contributed by atoms with Gasteiger partial charge in [-0.15, -0.1) is 0 Å². The average Bonchev–Trinajstić information content (AvgIpc) is 2.37. The van der Waals surface area contributed by atoms with Crippen molar-refractivity contribution in [1.82, 2.24) is 0 Å². The molecule has 0 radical (unpaired) electrons. The van der Waals surface area contributed by atoms with Gasteiger partial charge in [-0.3, -0.25) is 19.7 Å². The van der Waals surface area contributed by atoms with Crippen molar-refractivity contribution in [2.75, 3.05) is 7.11 Å². The number of nitro benzene ring substituents is 1. The lowest BCUT2D eigenvalue weighted by molar-refractivity contribution is -0.385. The quantitative estimate of drug-likeness (QED) is 0.396. The first-order valence-corrected chi connectivity index (χ1v) is 5.36. The van der Waals surface area contributed by atoms with Crippen LogP contribution in [-0.2, 0) is 14.3 Å². The summed E-state index contributed by atoms with van der Waals surface area (Å²) in [6.45, 7) is 1.29. The molecule has 1 atom stereocenters. The highest BCUT2D eigenvalue weighted by Crippen LogP contribution is 2.29. The number of hydrogen-bond acceptors (Lipinski definition) is 5. The van der Waals surface area contributed by atoms with Crippen LogP contribution in [0.2, 0.25) is 5.02 Å². The van der Waals surface area contributed by atoms with Crippen molar-refractivity contribution >= 4 is 29.7 Å². The van der Waals surface area contributed by atoms with E-state index in [1.54, 1.807) is 6.92 Å². The molecule has 1 rings (SSSR count). The number of esters is 1. The standard InChI is InChI=1S/C10H10ClNO4.CH2O2/c1-6(10(13)16-2)8-4-3-7(11)5-9(8)12(14)15;2-1-3/h3-6H,1-2H3;1H,(H,2,3). The first kappa shape index (κ1) is 16.9. The van der Waals surface area contributed by atoms with Crippen LogP contribution >= 0.6 is 11.6 Å². The molecule has 0 saturated heterocycles. The molecule has 0 fully saturated rings. The monoisotopic (exact) mass is 289 g/mol. The van der Waals surface area contributed by atoms with Crippen LogP contribution in [0.25, 0.3) is 0 Å². The number of carbonyl (C=O) groups is 2. The molecule has 8 heteroatoms. The first-order valence-electron chi connectivity index (χ1n) is 4.98. The predicted molar refractivity (Wildman–Crippen MR) is 67.2 cm³/mol. The third-order valence-corrected chi connectivity index (χ3v) is 2.45. The molecule has 0 aromatic heterocycles. The molecule has 7 nitrogen and oxygen atoms in total. The van der Waals surface area contributed by atoms with E-state index in [-0.39, 0.29) is 17.2 Å². The summed E-state index contributed by atoms with van der Waals surface area (Å²) < 4.78 is 4.54. The number of benzene rings is 1. The number of nitro groups is 1. The Labute approximate surface area is 113 Å². The Morgan fingerprint density at radius 3 is 2.53 bits per heavy atom. The van der Waals surface area contributed by atoms with Gasteiger partial charge >= 0.3 is 5.97 Å². The summed E-state index contributed by atoms with van der Waals surface area (Å²) in [6, 6.07) is 4.18. The zero-order valence-electron chi connectivity index (χ0n) is 10.2. The highest BCUT2D eigenvalue weighted by Gasteiger charge is 2.24. The SMILES string of the molecule is COC(=O)C(C)c1ccc(Cl)cc1[N+](=O)[O-].O=CO. The largest absolute Gasteiger partial charge is 0.483 e. The van der Waals surface area contributed by atoms with Gasteiger partial charge in [0.25, 0.3) is 12.2 Å². The van der Waals surface area contributed by atoms with Gasteiger partial charge in [0.1, 0.15) is 0 Å². The summed E-state index contributed by atoms with van der Waals surface area (Å²) in [7, 11) is 1.24. The molecule has 1 N–H and O–H groups in total. The van der Waals surface area contributed by atoms with Crippen molar-refractivity contribution in [3.05, 3.63) is 38.9 Å². The fraction of sp³-hybridized carbons (Fsp3) is 0.273. The van der Waals surface area contributed by atoms with Crippen molar-refractivity contribution < 1.29 is 24.4 Å². The third-order valence-electron chi connectivity index (χ3n) is 2.21. The van der Waals surface area contributed by atoms with Gasteiger partial charge in [0, 0.05) is 16.7 Å². The highest BCUT2D eigenvalue weighted by molar-refractivity contribution is 6.30. The fourth-order valence-electron chi connectivity index (χ4n) is 1.34. The van der Waals surface area contributed by atoms with Gasteiger partial charge < -0.3 is 9.84 Å². The van der Waals surface area contributed by atoms with E-state index in [4.69, 9.17) is 21.5 Å². The predicted octanol–water partition coefficient (Wildman–Crippen LogP) is 2.23. The lowest BCUT2D eigenvalue weighted by atomic mass is 9.99. The van der Waals surface area contributed by atoms with Crippen LogP contribution in [-0.4, -0.2) is 29.6 Å². The number of hydrogen-bond donors (Lipinski definition) is 1. The summed E-state index contributed by atoms with van der Waals surface area (Å²) >= 11 is 5.66. The smallest absolute Gasteiger partial charge is 0.313 e. The lowest BCUT2D eigenvalue weighted by Crippen LogP contribution is -2.12. The van der Waals surface area contributed by atoms with Crippen LogP contribution in [0.1, 0.15) is 18.4 Å². The van der Waals surface area contributed by atoms with E-state index in [1.165, 1.54) is 25.3 Å². The number of methoxy groups -OCH3 is 1. The van der Waals surface area contributed by atoms with Gasteiger partial charge in [0.05, 0.1) is 18.0 Å². The molecule has 0 aliphatic rings. The average molecular weight is 290 g/mol. The van der Waals surface area contributed by atoms with Crippen LogP contribution in [0.3, 0.4) is 0 Å². The second kappa shape index (κ2) is 8.04. The number of ether oxygens (including phenoxy) is 1. The number of carboxylic acid groups (broad SMARTS) is 1. The summed E-state index contributed by atoms with van der Waals surface area (Å²) in [5.74, 6) is -1.21. The molecular weight excluding hydrogens is 278 g/mol. The molecule has 1 aromatic carbocycles. The van der Waals surface area contributed by atoms with Crippen molar-refractivity contribution in [3.8, 4) is 0 Å². The summed E-state index contributed by atoms with van der Waals surface area (Å²) in [6.07, 6.45) is 0. The van der Waals surface area contributed by atoms with E-state index < -0.39 is 16.8 Å². The number of nitrogens with zero attached hydrogens (tertiary/aromatic N) is 1. The number of halogens is 1. The molecule has 0 aliphatic heterocycles. The van der Waals surface area contributed by atoms with E-state index in [2.05, 4.69) is 4.74 Å². The second-order valence-corrected chi connectivity index (χ2v) is 3.75. The van der Waals surface area contributed by atoms with E-state index in [0.717, 1.165) is 0 Å². The molecule has 19 heavy (non-hydrogen) atoms. The zero-order valence-corrected chi connectivity index (χ0v) is 11.0. The van der Waals surface area contributed by atoms with Crippen LogP contribution in [0.4, 0.5) is 5.69 Å². The topological polar surface area (TPSA) is 107 Å². The molecule has 0 amide bonds. The van der Waals surface area contributed by atoms with Crippen molar-refractivity contribution in [1.29, 1.82) is 0 Å². The Kier molecular flexibility index (Phi) is 7.13. The lowest BCUT2D eigenvalue weighted by Gasteiger charge is -2.09. The van der Waals surface area contributed by atoms with Gasteiger partial charge in [0.2, 0.25) is 0 Å². The highest BCUT2D eigenvalue weighted by atomic mass is 35.5. The number of rotatable bonds is 3. The van der Waals surface area contributed by atoms with Crippen molar-refractivity contribution in [3.63, 3.8) is 0 Å². The summed E-state index contributed by atoms with van der Waals surface area (Å²) in [4.78, 5) is 29.9. The van der Waals surface area contributed by atoms with Crippen LogP contribution < -0.4 is 0 Å². The van der Waals surface area contributed by atoms with Gasteiger partial charge in [-0.1, -0.05) is 11.6 Å². The van der Waals surface area contributed by atoms with E-state index >= 15 is 0 Å². The van der Waals surface area contributed by atoms with Crippen molar-refractivity contribution in [2.24, 2.45) is 0 Å². The van der Waals surface area contributed by atoms with Gasteiger partial charge in [0.15, 0.2) is 0 Å².